The highest BCUT2D eigenvalue weighted by Gasteiger charge is 2.48. The van der Waals surface area contributed by atoms with Gasteiger partial charge in [0, 0.05) is 7.05 Å². The number of benzene rings is 8. The molecule has 2 atom stereocenters. The van der Waals surface area contributed by atoms with E-state index in [-0.39, 0.29) is 0 Å². The molecular formula is C51H44N2P2+2. The largest absolute Gasteiger partial charge is 0.349 e. The minimum absolute atomic E-state index is 1.15. The number of nitrogens with one attached hydrogen (secondary N) is 1. The monoisotopic (exact) mass is 746 g/mol. The van der Waals surface area contributed by atoms with Crippen molar-refractivity contribution >= 4 is 69.1 Å². The maximum absolute atomic E-state index is 4.10. The molecule has 0 bridgehead atoms. The van der Waals surface area contributed by atoms with Crippen LogP contribution in [0.5, 0.6) is 0 Å². The van der Waals surface area contributed by atoms with Crippen LogP contribution in [0.4, 0.5) is 22.7 Å². The van der Waals surface area contributed by atoms with Crippen LogP contribution in [0, 0.1) is 0 Å². The maximum Gasteiger partial charge on any atom is 0.128 e. The van der Waals surface area contributed by atoms with Crippen molar-refractivity contribution in [2.45, 2.75) is 0 Å². The van der Waals surface area contributed by atoms with Crippen LogP contribution in [0.2, 0.25) is 0 Å². The Balaban J connectivity index is 1.30. The Morgan fingerprint density at radius 1 is 0.327 bits per heavy atom. The van der Waals surface area contributed by atoms with Crippen LogP contribution in [0.3, 0.4) is 0 Å². The van der Waals surface area contributed by atoms with Crippen molar-refractivity contribution in [3.63, 3.8) is 0 Å². The van der Waals surface area contributed by atoms with Gasteiger partial charge in [-0.2, -0.15) is 0 Å². The van der Waals surface area contributed by atoms with Crippen LogP contribution in [0.1, 0.15) is 0 Å². The van der Waals surface area contributed by atoms with Gasteiger partial charge in [-0.05, 0) is 95.1 Å². The summed E-state index contributed by atoms with van der Waals surface area (Å²) in [5.74, 6) is 0. The minimum Gasteiger partial charge on any atom is -0.349 e. The normalized spacial score (nSPS) is 17.6. The zero-order valence-corrected chi connectivity index (χ0v) is 33.3. The second-order valence-corrected chi connectivity index (χ2v) is 21.5. The van der Waals surface area contributed by atoms with Gasteiger partial charge >= 0.3 is 0 Å². The molecule has 4 heteroatoms. The minimum atomic E-state index is -2.24. The van der Waals surface area contributed by atoms with Crippen molar-refractivity contribution < 1.29 is 0 Å². The molecule has 9 rings (SSSR count). The molecule has 0 aliphatic carbocycles. The quantitative estimate of drug-likeness (QED) is 0.180. The maximum atomic E-state index is 4.10. The lowest BCUT2D eigenvalue weighted by Gasteiger charge is -2.34. The van der Waals surface area contributed by atoms with E-state index in [9.17, 15) is 0 Å². The van der Waals surface area contributed by atoms with E-state index in [1.807, 2.05) is 0 Å². The second-order valence-electron chi connectivity index (χ2n) is 14.5. The number of para-hydroxylation sites is 4. The molecule has 1 aliphatic rings. The number of hydrogen-bond donors (Lipinski definition) is 1. The van der Waals surface area contributed by atoms with Gasteiger partial charge in [0.1, 0.15) is 46.4 Å². The van der Waals surface area contributed by atoms with E-state index in [0.717, 1.165) is 11.4 Å². The van der Waals surface area contributed by atoms with Crippen LogP contribution in [-0.2, 0) is 0 Å². The fourth-order valence-electron chi connectivity index (χ4n) is 8.45. The number of nitrogens with zero attached hydrogens (tertiary/aromatic N) is 1. The van der Waals surface area contributed by atoms with Gasteiger partial charge in [0.25, 0.3) is 0 Å². The van der Waals surface area contributed by atoms with E-state index < -0.39 is 14.5 Å². The molecule has 0 spiro atoms. The molecule has 8 aromatic rings. The fourth-order valence-corrected chi connectivity index (χ4v) is 15.7. The number of rotatable bonds is 4. The Bertz CT molecular complexity index is 2420. The molecule has 2 nitrogen and oxygen atoms in total. The Morgan fingerprint density at radius 2 is 0.636 bits per heavy atom. The second kappa shape index (κ2) is 14.5. The summed E-state index contributed by atoms with van der Waals surface area (Å²) in [5, 5.41) is 12.2. The zero-order chi connectivity index (χ0) is 37.4. The van der Waals surface area contributed by atoms with E-state index in [1.54, 1.807) is 0 Å². The zero-order valence-electron chi connectivity index (χ0n) is 31.5. The summed E-state index contributed by atoms with van der Waals surface area (Å²) in [6.45, 7) is 5.01. The molecule has 1 N–H and O–H groups in total. The molecule has 0 aromatic heterocycles. The number of fused-ring (bicyclic) bond motifs is 4. The highest BCUT2D eigenvalue weighted by atomic mass is 31.2. The van der Waals surface area contributed by atoms with Crippen molar-refractivity contribution in [2.75, 3.05) is 30.6 Å². The first-order chi connectivity index (χ1) is 27.0. The number of anilines is 4. The lowest BCUT2D eigenvalue weighted by atomic mass is 10.1. The topological polar surface area (TPSA) is 15.3 Å². The molecular weight excluding hydrogens is 703 g/mol. The Labute approximate surface area is 326 Å². The highest BCUT2D eigenvalue weighted by Crippen LogP contribution is 2.59. The van der Waals surface area contributed by atoms with E-state index in [4.69, 9.17) is 0 Å². The summed E-state index contributed by atoms with van der Waals surface area (Å²) in [6.07, 6.45) is 0. The highest BCUT2D eigenvalue weighted by molar-refractivity contribution is 7.96. The third-order valence-corrected chi connectivity index (χ3v) is 19.5. The van der Waals surface area contributed by atoms with Gasteiger partial charge in [-0.25, -0.2) is 0 Å². The molecule has 2 unspecified atom stereocenters. The van der Waals surface area contributed by atoms with Crippen LogP contribution in [0.25, 0.3) is 22.3 Å². The number of hydrogen-bond acceptors (Lipinski definition) is 2. The molecule has 1 aliphatic heterocycles. The summed E-state index contributed by atoms with van der Waals surface area (Å²) in [5.41, 5.74) is 9.67. The van der Waals surface area contributed by atoms with Crippen molar-refractivity contribution in [1.82, 2.24) is 0 Å². The lowest BCUT2D eigenvalue weighted by Crippen LogP contribution is -2.38. The first kappa shape index (κ1) is 35.0. The summed E-state index contributed by atoms with van der Waals surface area (Å²) >= 11 is 0. The van der Waals surface area contributed by atoms with Crippen molar-refractivity contribution in [3.8, 4) is 22.3 Å². The molecule has 0 radical (unpaired) electrons. The molecule has 55 heavy (non-hydrogen) atoms. The van der Waals surface area contributed by atoms with Gasteiger partial charge < -0.3 is 10.2 Å². The molecule has 266 valence electrons. The van der Waals surface area contributed by atoms with Gasteiger partial charge in [0.15, 0.2) is 0 Å². The predicted octanol–water partition coefficient (Wildman–Crippen LogP) is 10.7. The third-order valence-electron chi connectivity index (χ3n) is 11.5. The van der Waals surface area contributed by atoms with Crippen LogP contribution < -0.4 is 42.0 Å². The third kappa shape index (κ3) is 6.07. The van der Waals surface area contributed by atoms with E-state index in [2.05, 4.69) is 237 Å². The van der Waals surface area contributed by atoms with Gasteiger partial charge in [0.2, 0.25) is 0 Å². The van der Waals surface area contributed by atoms with E-state index in [0.29, 0.717) is 0 Å². The first-order valence-electron chi connectivity index (χ1n) is 18.9. The summed E-state index contributed by atoms with van der Waals surface area (Å²) in [6, 6.07) is 76.3. The van der Waals surface area contributed by atoms with Gasteiger partial charge in [-0.15, -0.1) is 0 Å². The first-order valence-corrected chi connectivity index (χ1v) is 23.4. The molecule has 0 saturated carbocycles. The average Bonchev–Trinajstić information content (AvgIpc) is 3.26. The van der Waals surface area contributed by atoms with Gasteiger partial charge in [0.05, 0.1) is 36.1 Å². The predicted molar refractivity (Wildman–Crippen MR) is 244 cm³/mol. The fraction of sp³-hybridized carbons (Fsp3) is 0.0588. The molecule has 8 aromatic carbocycles. The van der Waals surface area contributed by atoms with Crippen molar-refractivity contribution in [1.29, 1.82) is 0 Å². The Hall–Kier alpha value is -5.78. The summed E-state index contributed by atoms with van der Waals surface area (Å²) in [7, 11) is -2.21. The molecule has 0 saturated heterocycles. The summed E-state index contributed by atoms with van der Waals surface area (Å²) < 4.78 is 0. The Kier molecular flexibility index (Phi) is 9.19. The van der Waals surface area contributed by atoms with E-state index in [1.165, 1.54) is 65.5 Å². The summed E-state index contributed by atoms with van der Waals surface area (Å²) in [4.78, 5) is 2.47. The van der Waals surface area contributed by atoms with E-state index >= 15 is 0 Å². The van der Waals surface area contributed by atoms with Crippen molar-refractivity contribution in [3.05, 3.63) is 206 Å². The van der Waals surface area contributed by atoms with Crippen LogP contribution in [0.15, 0.2) is 206 Å². The lowest BCUT2D eigenvalue weighted by molar-refractivity contribution is 1.23. The van der Waals surface area contributed by atoms with Crippen LogP contribution >= 0.6 is 14.5 Å². The van der Waals surface area contributed by atoms with Crippen LogP contribution in [-0.4, -0.2) is 20.4 Å². The molecule has 0 amide bonds. The van der Waals surface area contributed by atoms with Gasteiger partial charge in [-0.1, -0.05) is 133 Å². The molecule has 1 heterocycles. The molecule has 0 fully saturated rings. The van der Waals surface area contributed by atoms with Crippen molar-refractivity contribution in [2.24, 2.45) is 0 Å². The standard InChI is InChI=1S/C51H44N2P2/c1-53-46-24-12-16-28-50(46)54(2,42-34-30-40(31-35-42)38-18-6-4-7-19-38)48-26-14-10-22-44(48)52-45-23-11-15-27-49(45)55(3,51-29-17-13-25-47(51)53)43-36-32-41(33-37-43)39-20-8-5-9-21-39/h4-37,52H,1-3H3/q+2. The Morgan fingerprint density at radius 3 is 1.04 bits per heavy atom. The van der Waals surface area contributed by atoms with Gasteiger partial charge in [-0.3, -0.25) is 0 Å². The smallest absolute Gasteiger partial charge is 0.128 e. The average molecular weight is 747 g/mol. The SMILES string of the molecule is CN1c2ccccc2[P+](C)(c2ccc(-c3ccccc3)cc2)c2ccccc2Nc2ccccc2[P+](C)(c2ccc(-c3ccccc3)cc2)c2ccccc21.